The zero-order valence-electron chi connectivity index (χ0n) is 16.4. The van der Waals surface area contributed by atoms with Gasteiger partial charge in [-0.05, 0) is 23.6 Å². The van der Waals surface area contributed by atoms with E-state index in [1.165, 1.54) is 0 Å². The second-order valence-corrected chi connectivity index (χ2v) is 7.44. The number of phenols is 1. The first-order chi connectivity index (χ1) is 14.7. The minimum absolute atomic E-state index is 0.0936. The van der Waals surface area contributed by atoms with Gasteiger partial charge in [0.25, 0.3) is 0 Å². The Morgan fingerprint density at radius 2 is 1.83 bits per heavy atom. The van der Waals surface area contributed by atoms with Crippen LogP contribution in [0.15, 0.2) is 54.6 Å². The lowest BCUT2D eigenvalue weighted by molar-refractivity contribution is 0.0955. The highest BCUT2D eigenvalue weighted by Gasteiger charge is 2.32. The Bertz CT molecular complexity index is 1250. The Kier molecular flexibility index (Phi) is 4.52. The van der Waals surface area contributed by atoms with E-state index in [0.717, 1.165) is 22.4 Å². The highest BCUT2D eigenvalue weighted by atomic mass is 16.5. The molecular weight excluding hydrogens is 380 g/mol. The summed E-state index contributed by atoms with van der Waals surface area (Å²) in [6, 6.07) is 17.0. The van der Waals surface area contributed by atoms with Crippen LogP contribution in [0, 0.1) is 0 Å². The molecule has 1 atom stereocenters. The van der Waals surface area contributed by atoms with Crippen molar-refractivity contribution in [3.05, 3.63) is 77.2 Å². The lowest BCUT2D eigenvalue weighted by Gasteiger charge is -2.23. The molecule has 7 nitrogen and oxygen atoms in total. The molecule has 1 aliphatic carbocycles. The van der Waals surface area contributed by atoms with Crippen molar-refractivity contribution in [3.63, 3.8) is 0 Å². The number of aromatic nitrogens is 4. The molecular formula is C23H20N4O3. The predicted molar refractivity (Wildman–Crippen MR) is 110 cm³/mol. The van der Waals surface area contributed by atoms with Gasteiger partial charge in [-0.1, -0.05) is 48.5 Å². The lowest BCUT2D eigenvalue weighted by atomic mass is 9.83. The number of ketones is 1. The summed E-state index contributed by atoms with van der Waals surface area (Å²) in [5, 5.41) is 23.7. The van der Waals surface area contributed by atoms with Gasteiger partial charge in [0.2, 0.25) is 0 Å². The normalized spacial score (nSPS) is 16.0. The monoisotopic (exact) mass is 400 g/mol. The molecule has 0 saturated heterocycles. The Hall–Kier alpha value is -3.58. The third kappa shape index (κ3) is 2.95. The highest BCUT2D eigenvalue weighted by molar-refractivity contribution is 5.97. The molecule has 4 aromatic rings. The summed E-state index contributed by atoms with van der Waals surface area (Å²) in [6.45, 7) is 0.319. The number of benzene rings is 2. The Balaban J connectivity index is 1.70. The largest absolute Gasteiger partial charge is 0.508 e. The number of ether oxygens (including phenoxy) is 1. The molecule has 0 fully saturated rings. The number of aromatic hydroxyl groups is 1. The molecule has 0 spiro atoms. The maximum Gasteiger partial charge on any atom is 0.185 e. The minimum Gasteiger partial charge on any atom is -0.508 e. The van der Waals surface area contributed by atoms with E-state index in [0.29, 0.717) is 30.1 Å². The lowest BCUT2D eigenvalue weighted by Crippen LogP contribution is -2.24. The maximum atomic E-state index is 12.9. The van der Waals surface area contributed by atoms with Crippen molar-refractivity contribution in [1.29, 1.82) is 0 Å². The van der Waals surface area contributed by atoms with Crippen molar-refractivity contribution in [2.75, 3.05) is 7.11 Å². The van der Waals surface area contributed by atoms with E-state index in [9.17, 15) is 9.90 Å². The molecule has 30 heavy (non-hydrogen) atoms. The summed E-state index contributed by atoms with van der Waals surface area (Å²) in [5.41, 5.74) is 4.97. The average Bonchev–Trinajstić information content (AvgIpc) is 3.13. The summed E-state index contributed by atoms with van der Waals surface area (Å²) < 4.78 is 7.09. The van der Waals surface area contributed by atoms with Crippen molar-refractivity contribution >= 4 is 11.4 Å². The van der Waals surface area contributed by atoms with Crippen molar-refractivity contribution < 1.29 is 14.6 Å². The number of hydrogen-bond donors (Lipinski definition) is 1. The fraction of sp³-hybridized carbons (Fsp3) is 0.217. The quantitative estimate of drug-likeness (QED) is 0.563. The van der Waals surface area contributed by atoms with Crippen LogP contribution < -0.4 is 0 Å². The van der Waals surface area contributed by atoms with Gasteiger partial charge in [0.15, 0.2) is 17.1 Å². The van der Waals surface area contributed by atoms with E-state index >= 15 is 0 Å². The van der Waals surface area contributed by atoms with Gasteiger partial charge in [0, 0.05) is 19.4 Å². The molecule has 0 radical (unpaired) electrons. The van der Waals surface area contributed by atoms with Gasteiger partial charge in [-0.3, -0.25) is 4.79 Å². The molecule has 2 heterocycles. The fourth-order valence-corrected chi connectivity index (χ4v) is 4.21. The van der Waals surface area contributed by atoms with E-state index in [1.54, 1.807) is 23.8 Å². The van der Waals surface area contributed by atoms with Gasteiger partial charge in [0.1, 0.15) is 5.75 Å². The molecule has 0 bridgehead atoms. The molecule has 7 heteroatoms. The molecule has 1 unspecified atom stereocenters. The van der Waals surface area contributed by atoms with Crippen molar-refractivity contribution in [2.45, 2.75) is 25.4 Å². The number of methoxy groups -OCH3 is 1. The maximum absolute atomic E-state index is 12.9. The Labute approximate surface area is 173 Å². The first kappa shape index (κ1) is 18.4. The zero-order chi connectivity index (χ0) is 20.7. The van der Waals surface area contributed by atoms with Gasteiger partial charge in [-0.2, -0.15) is 5.10 Å². The van der Waals surface area contributed by atoms with Crippen LogP contribution in [0.5, 0.6) is 5.75 Å². The molecule has 0 saturated carbocycles. The molecule has 2 aromatic carbocycles. The van der Waals surface area contributed by atoms with Crippen molar-refractivity contribution in [1.82, 2.24) is 19.8 Å². The van der Waals surface area contributed by atoms with Gasteiger partial charge < -0.3 is 9.84 Å². The summed E-state index contributed by atoms with van der Waals surface area (Å²) in [6.07, 6.45) is 0.815. The van der Waals surface area contributed by atoms with Gasteiger partial charge >= 0.3 is 0 Å². The average molecular weight is 400 g/mol. The second-order valence-electron chi connectivity index (χ2n) is 7.44. The Morgan fingerprint density at radius 3 is 2.60 bits per heavy atom. The predicted octanol–water partition coefficient (Wildman–Crippen LogP) is 3.56. The van der Waals surface area contributed by atoms with Crippen LogP contribution in [0.3, 0.4) is 0 Å². The van der Waals surface area contributed by atoms with E-state index < -0.39 is 0 Å². The topological polar surface area (TPSA) is 89.6 Å². The van der Waals surface area contributed by atoms with Crippen LogP contribution in [0.1, 0.15) is 39.8 Å². The Morgan fingerprint density at radius 1 is 1.07 bits per heavy atom. The fourth-order valence-electron chi connectivity index (χ4n) is 4.21. The number of fused-ring (bicyclic) bond motifs is 3. The standard InChI is InChI=1S/C23H20N4O3/c1-30-13-17-21(14-7-3-2-4-8-14)23-25-24-22-18(27(23)26-17)11-15(12-20(22)29)16-9-5-6-10-19(16)28/h2-10,15,28H,11-13H2,1H3. The summed E-state index contributed by atoms with van der Waals surface area (Å²) in [5.74, 6) is -0.0414. The highest BCUT2D eigenvalue weighted by Crippen LogP contribution is 2.37. The van der Waals surface area contributed by atoms with Crippen LogP contribution in [0.2, 0.25) is 0 Å². The number of carbonyl (C=O) groups is 1. The molecule has 150 valence electrons. The van der Waals surface area contributed by atoms with Gasteiger partial charge in [0.05, 0.1) is 23.6 Å². The second kappa shape index (κ2) is 7.35. The smallest absolute Gasteiger partial charge is 0.185 e. The van der Waals surface area contributed by atoms with E-state index in [-0.39, 0.29) is 23.9 Å². The zero-order valence-corrected chi connectivity index (χ0v) is 16.4. The molecule has 1 N–H and O–H groups in total. The summed E-state index contributed by atoms with van der Waals surface area (Å²) in [4.78, 5) is 12.9. The summed E-state index contributed by atoms with van der Waals surface area (Å²) in [7, 11) is 1.62. The number of rotatable bonds is 4. The van der Waals surface area contributed by atoms with Crippen LogP contribution in [0.25, 0.3) is 16.8 Å². The van der Waals surface area contributed by atoms with E-state index in [2.05, 4.69) is 10.2 Å². The molecule has 0 aliphatic heterocycles. The number of Topliss-reactive ketones (excluding diaryl/α,β-unsaturated/α-hetero) is 1. The third-order valence-corrected chi connectivity index (χ3v) is 5.56. The van der Waals surface area contributed by atoms with Gasteiger partial charge in [-0.15, -0.1) is 10.2 Å². The first-order valence-corrected chi connectivity index (χ1v) is 9.80. The van der Waals surface area contributed by atoms with E-state index in [1.807, 2.05) is 42.5 Å². The van der Waals surface area contributed by atoms with Crippen LogP contribution in [-0.2, 0) is 17.8 Å². The van der Waals surface area contributed by atoms with Crippen LogP contribution in [-0.4, -0.2) is 37.8 Å². The first-order valence-electron chi connectivity index (χ1n) is 9.80. The van der Waals surface area contributed by atoms with Crippen LogP contribution >= 0.6 is 0 Å². The van der Waals surface area contributed by atoms with Crippen molar-refractivity contribution in [3.8, 4) is 16.9 Å². The number of nitrogens with zero attached hydrogens (tertiary/aromatic N) is 4. The number of phenolic OH excluding ortho intramolecular Hbond substituents is 1. The molecule has 0 amide bonds. The van der Waals surface area contributed by atoms with E-state index in [4.69, 9.17) is 9.84 Å². The number of para-hydroxylation sites is 1. The molecule has 1 aliphatic rings. The number of carbonyl (C=O) groups excluding carboxylic acids is 1. The third-order valence-electron chi connectivity index (χ3n) is 5.56. The molecule has 5 rings (SSSR count). The molecule has 2 aromatic heterocycles. The van der Waals surface area contributed by atoms with Crippen molar-refractivity contribution in [2.24, 2.45) is 0 Å². The minimum atomic E-state index is -0.145. The van der Waals surface area contributed by atoms with Crippen LogP contribution in [0.4, 0.5) is 0 Å². The SMILES string of the molecule is COCc1nn2c3c(nnc2c1-c1ccccc1)C(=O)CC(c1ccccc1O)C3. The number of hydrogen-bond acceptors (Lipinski definition) is 6. The van der Waals surface area contributed by atoms with Gasteiger partial charge in [-0.25, -0.2) is 4.52 Å². The summed E-state index contributed by atoms with van der Waals surface area (Å²) >= 11 is 0.